The molecule has 1 saturated heterocycles. The third kappa shape index (κ3) is 3.37. The summed E-state index contributed by atoms with van der Waals surface area (Å²) in [5, 5.41) is 3.43. The lowest BCUT2D eigenvalue weighted by molar-refractivity contribution is 0.141. The SMILES string of the molecule is COc1ccc(OC2CCCNCC2C)cc1. The molecule has 0 bridgehead atoms. The predicted octanol–water partition coefficient (Wildman–Crippen LogP) is 2.46. The molecule has 2 unspecified atom stereocenters. The molecule has 1 N–H and O–H groups in total. The summed E-state index contributed by atoms with van der Waals surface area (Å²) in [6.45, 7) is 4.39. The molecule has 94 valence electrons. The molecule has 0 spiro atoms. The summed E-state index contributed by atoms with van der Waals surface area (Å²) in [7, 11) is 1.68. The summed E-state index contributed by atoms with van der Waals surface area (Å²) in [6, 6.07) is 7.83. The average molecular weight is 235 g/mol. The second-order valence-corrected chi connectivity index (χ2v) is 4.66. The fourth-order valence-corrected chi connectivity index (χ4v) is 2.18. The molecule has 0 saturated carbocycles. The second kappa shape index (κ2) is 5.92. The van der Waals surface area contributed by atoms with Crippen LogP contribution in [0.2, 0.25) is 0 Å². The van der Waals surface area contributed by atoms with E-state index in [-0.39, 0.29) is 0 Å². The van der Waals surface area contributed by atoms with Crippen LogP contribution >= 0.6 is 0 Å². The summed E-state index contributed by atoms with van der Waals surface area (Å²) < 4.78 is 11.2. The van der Waals surface area contributed by atoms with E-state index in [0.29, 0.717) is 12.0 Å². The minimum atomic E-state index is 0.318. The van der Waals surface area contributed by atoms with Gasteiger partial charge in [-0.25, -0.2) is 0 Å². The molecule has 1 aliphatic rings. The van der Waals surface area contributed by atoms with Crippen LogP contribution in [0.3, 0.4) is 0 Å². The topological polar surface area (TPSA) is 30.5 Å². The maximum Gasteiger partial charge on any atom is 0.120 e. The third-order valence-corrected chi connectivity index (χ3v) is 3.29. The lowest BCUT2D eigenvalue weighted by Gasteiger charge is -2.22. The maximum absolute atomic E-state index is 6.05. The monoisotopic (exact) mass is 235 g/mol. The summed E-state index contributed by atoms with van der Waals surface area (Å²) in [6.07, 6.45) is 2.63. The Bertz CT molecular complexity index is 337. The van der Waals surface area contributed by atoms with Crippen molar-refractivity contribution in [1.29, 1.82) is 0 Å². The van der Waals surface area contributed by atoms with Crippen molar-refractivity contribution >= 4 is 0 Å². The molecule has 2 rings (SSSR count). The van der Waals surface area contributed by atoms with Crippen LogP contribution < -0.4 is 14.8 Å². The summed E-state index contributed by atoms with van der Waals surface area (Å²) in [5.74, 6) is 2.36. The number of ether oxygens (including phenoxy) is 2. The Labute approximate surface area is 103 Å². The smallest absolute Gasteiger partial charge is 0.120 e. The van der Waals surface area contributed by atoms with Gasteiger partial charge < -0.3 is 14.8 Å². The van der Waals surface area contributed by atoms with Crippen LogP contribution in [0.15, 0.2) is 24.3 Å². The summed E-state index contributed by atoms with van der Waals surface area (Å²) >= 11 is 0. The summed E-state index contributed by atoms with van der Waals surface area (Å²) in [5.41, 5.74) is 0. The molecule has 3 nitrogen and oxygen atoms in total. The molecule has 0 amide bonds. The second-order valence-electron chi connectivity index (χ2n) is 4.66. The zero-order valence-electron chi connectivity index (χ0n) is 10.6. The van der Waals surface area contributed by atoms with E-state index in [1.165, 1.54) is 6.42 Å². The Morgan fingerprint density at radius 3 is 2.59 bits per heavy atom. The predicted molar refractivity (Wildman–Crippen MR) is 68.7 cm³/mol. The van der Waals surface area contributed by atoms with Gasteiger partial charge in [0.05, 0.1) is 7.11 Å². The Hall–Kier alpha value is -1.22. The van der Waals surface area contributed by atoms with Crippen LogP contribution in [0.4, 0.5) is 0 Å². The molecule has 0 aromatic heterocycles. The lowest BCUT2D eigenvalue weighted by atomic mass is 10.0. The quantitative estimate of drug-likeness (QED) is 0.873. The highest BCUT2D eigenvalue weighted by atomic mass is 16.5. The highest BCUT2D eigenvalue weighted by Crippen LogP contribution is 2.22. The van der Waals surface area contributed by atoms with Crippen molar-refractivity contribution in [1.82, 2.24) is 5.32 Å². The number of methoxy groups -OCH3 is 1. The minimum Gasteiger partial charge on any atom is -0.497 e. The summed E-state index contributed by atoms with van der Waals surface area (Å²) in [4.78, 5) is 0. The van der Waals surface area contributed by atoms with Crippen molar-refractivity contribution < 1.29 is 9.47 Å². The van der Waals surface area contributed by atoms with E-state index in [2.05, 4.69) is 12.2 Å². The number of nitrogens with one attached hydrogen (secondary N) is 1. The number of hydrogen-bond donors (Lipinski definition) is 1. The van der Waals surface area contributed by atoms with Crippen molar-refractivity contribution in [2.24, 2.45) is 5.92 Å². The van der Waals surface area contributed by atoms with Gasteiger partial charge in [0.15, 0.2) is 0 Å². The molecule has 1 fully saturated rings. The number of rotatable bonds is 3. The van der Waals surface area contributed by atoms with Gasteiger partial charge in [0.25, 0.3) is 0 Å². The van der Waals surface area contributed by atoms with Crippen LogP contribution in [0.1, 0.15) is 19.8 Å². The van der Waals surface area contributed by atoms with Gasteiger partial charge in [-0.3, -0.25) is 0 Å². The van der Waals surface area contributed by atoms with Gasteiger partial charge in [0.2, 0.25) is 0 Å². The number of hydrogen-bond acceptors (Lipinski definition) is 3. The van der Waals surface area contributed by atoms with Gasteiger partial charge in [-0.2, -0.15) is 0 Å². The molecule has 1 aromatic carbocycles. The van der Waals surface area contributed by atoms with Gasteiger partial charge in [0.1, 0.15) is 17.6 Å². The van der Waals surface area contributed by atoms with Crippen LogP contribution in [-0.4, -0.2) is 26.3 Å². The van der Waals surface area contributed by atoms with E-state index in [1.807, 2.05) is 24.3 Å². The molecule has 0 aliphatic carbocycles. The van der Waals surface area contributed by atoms with Crippen molar-refractivity contribution in [3.05, 3.63) is 24.3 Å². The van der Waals surface area contributed by atoms with E-state index >= 15 is 0 Å². The molecule has 3 heteroatoms. The van der Waals surface area contributed by atoms with E-state index in [9.17, 15) is 0 Å². The van der Waals surface area contributed by atoms with Crippen LogP contribution in [0, 0.1) is 5.92 Å². The van der Waals surface area contributed by atoms with E-state index in [1.54, 1.807) is 7.11 Å². The van der Waals surface area contributed by atoms with Crippen molar-refractivity contribution in [2.75, 3.05) is 20.2 Å². The Morgan fingerprint density at radius 1 is 1.18 bits per heavy atom. The highest BCUT2D eigenvalue weighted by Gasteiger charge is 2.21. The number of benzene rings is 1. The van der Waals surface area contributed by atoms with Crippen molar-refractivity contribution in [3.63, 3.8) is 0 Å². The molecular formula is C14H21NO2. The largest absolute Gasteiger partial charge is 0.497 e. The first kappa shape index (κ1) is 12.2. The fourth-order valence-electron chi connectivity index (χ4n) is 2.18. The highest BCUT2D eigenvalue weighted by molar-refractivity contribution is 5.31. The normalized spacial score (nSPS) is 25.1. The first-order valence-electron chi connectivity index (χ1n) is 6.31. The molecule has 1 aliphatic heterocycles. The Kier molecular flexibility index (Phi) is 4.26. The third-order valence-electron chi connectivity index (χ3n) is 3.29. The molecule has 2 atom stereocenters. The average Bonchev–Trinajstić information content (AvgIpc) is 2.56. The van der Waals surface area contributed by atoms with Gasteiger partial charge >= 0.3 is 0 Å². The van der Waals surface area contributed by atoms with Crippen molar-refractivity contribution in [2.45, 2.75) is 25.9 Å². The Balaban J connectivity index is 1.98. The van der Waals surface area contributed by atoms with Gasteiger partial charge in [-0.1, -0.05) is 6.92 Å². The van der Waals surface area contributed by atoms with Crippen LogP contribution in [-0.2, 0) is 0 Å². The Morgan fingerprint density at radius 2 is 1.88 bits per heavy atom. The van der Waals surface area contributed by atoms with Gasteiger partial charge in [-0.15, -0.1) is 0 Å². The van der Waals surface area contributed by atoms with E-state index in [4.69, 9.17) is 9.47 Å². The van der Waals surface area contributed by atoms with Crippen LogP contribution in [0.25, 0.3) is 0 Å². The molecule has 0 radical (unpaired) electrons. The van der Waals surface area contributed by atoms with Gasteiger partial charge in [0, 0.05) is 12.5 Å². The standard InChI is InChI=1S/C14H21NO2/c1-11-10-15-9-3-4-14(11)17-13-7-5-12(16-2)6-8-13/h5-8,11,14-15H,3-4,9-10H2,1-2H3. The maximum atomic E-state index is 6.05. The van der Waals surface area contributed by atoms with Gasteiger partial charge in [-0.05, 0) is 43.7 Å². The molecule has 17 heavy (non-hydrogen) atoms. The van der Waals surface area contributed by atoms with Crippen molar-refractivity contribution in [3.8, 4) is 11.5 Å². The molecule has 1 heterocycles. The fraction of sp³-hybridized carbons (Fsp3) is 0.571. The zero-order valence-corrected chi connectivity index (χ0v) is 10.6. The van der Waals surface area contributed by atoms with E-state index in [0.717, 1.165) is 31.0 Å². The molecular weight excluding hydrogens is 214 g/mol. The molecule has 1 aromatic rings. The minimum absolute atomic E-state index is 0.318. The first-order chi connectivity index (χ1) is 8.29. The lowest BCUT2D eigenvalue weighted by Crippen LogP contribution is -2.29. The first-order valence-corrected chi connectivity index (χ1v) is 6.31. The van der Waals surface area contributed by atoms with Crippen LogP contribution in [0.5, 0.6) is 11.5 Å². The van der Waals surface area contributed by atoms with E-state index < -0.39 is 0 Å². The zero-order chi connectivity index (χ0) is 12.1.